The van der Waals surface area contributed by atoms with Crippen molar-refractivity contribution in [3.8, 4) is 0 Å². The third kappa shape index (κ3) is 16.4. The minimum absolute atomic E-state index is 0.137. The van der Waals surface area contributed by atoms with Gasteiger partial charge in [0.15, 0.2) is 0 Å². The first-order valence-electron chi connectivity index (χ1n) is 10.4. The zero-order chi connectivity index (χ0) is 21.1. The second kappa shape index (κ2) is 19.2. The van der Waals surface area contributed by atoms with Gasteiger partial charge in [0.1, 0.15) is 5.76 Å². The fourth-order valence-corrected chi connectivity index (χ4v) is 2.74. The molecule has 0 saturated carbocycles. The first-order chi connectivity index (χ1) is 12.9. The van der Waals surface area contributed by atoms with Crippen LogP contribution in [0.5, 0.6) is 0 Å². The Balaban J connectivity index is 0. The Bertz CT molecular complexity index is 492. The molecule has 0 aliphatic rings. The van der Waals surface area contributed by atoms with Crippen LogP contribution in [0.25, 0.3) is 0 Å². The summed E-state index contributed by atoms with van der Waals surface area (Å²) < 4.78 is 5.07. The highest BCUT2D eigenvalue weighted by Gasteiger charge is 2.02. The van der Waals surface area contributed by atoms with Crippen molar-refractivity contribution in [3.63, 3.8) is 0 Å². The highest BCUT2D eigenvalue weighted by Crippen LogP contribution is 2.20. The molecule has 0 bridgehead atoms. The SMILES string of the molecule is C/C=C\C(C)=C(\CC)COC.C=C(O)/C=C(/CCCCCCC)C(=C)CC. The lowest BCUT2D eigenvalue weighted by molar-refractivity contribution is 0.223. The van der Waals surface area contributed by atoms with E-state index < -0.39 is 0 Å². The molecule has 0 saturated heterocycles. The smallest absolute Gasteiger partial charge is 0.108 e. The molecule has 2 nitrogen and oxygen atoms in total. The monoisotopic (exact) mass is 376 g/mol. The average molecular weight is 377 g/mol. The van der Waals surface area contributed by atoms with Gasteiger partial charge in [-0.2, -0.15) is 0 Å². The summed E-state index contributed by atoms with van der Waals surface area (Å²) in [4.78, 5) is 0. The molecule has 0 fully saturated rings. The maximum Gasteiger partial charge on any atom is 0.108 e. The summed E-state index contributed by atoms with van der Waals surface area (Å²) in [6, 6.07) is 0. The lowest BCUT2D eigenvalue weighted by Gasteiger charge is -2.09. The van der Waals surface area contributed by atoms with Crippen molar-refractivity contribution < 1.29 is 9.84 Å². The Labute approximate surface area is 169 Å². The second-order valence-electron chi connectivity index (χ2n) is 6.86. The van der Waals surface area contributed by atoms with Gasteiger partial charge in [0.05, 0.1) is 6.61 Å². The number of allylic oxidation sites excluding steroid dienone is 6. The highest BCUT2D eigenvalue weighted by molar-refractivity contribution is 5.32. The summed E-state index contributed by atoms with van der Waals surface area (Å²) in [5.41, 5.74) is 4.99. The third-order valence-corrected chi connectivity index (χ3v) is 4.49. The molecule has 0 aromatic carbocycles. The van der Waals surface area contributed by atoms with Crippen molar-refractivity contribution in [1.82, 2.24) is 0 Å². The van der Waals surface area contributed by atoms with E-state index in [-0.39, 0.29) is 5.76 Å². The van der Waals surface area contributed by atoms with Crippen LogP contribution >= 0.6 is 0 Å². The molecule has 0 aromatic heterocycles. The van der Waals surface area contributed by atoms with E-state index in [1.807, 2.05) is 6.92 Å². The Morgan fingerprint density at radius 3 is 2.07 bits per heavy atom. The Morgan fingerprint density at radius 1 is 1.00 bits per heavy atom. The number of aliphatic hydroxyl groups excluding tert-OH is 1. The van der Waals surface area contributed by atoms with Crippen LogP contribution in [0.1, 0.15) is 86.0 Å². The van der Waals surface area contributed by atoms with Gasteiger partial charge in [-0.3, -0.25) is 0 Å². The standard InChI is InChI=1S/C15H26O.C10H18O/c1-5-7-8-9-10-11-15(12-14(4)16)13(3)6-2;1-5-7-9(3)10(6-2)8-11-4/h12,16H,3-11H2,1-2H3;5,7H,6,8H2,1-4H3/b15-12-;7-5-,10-9-. The van der Waals surface area contributed by atoms with Crippen molar-refractivity contribution in [2.75, 3.05) is 13.7 Å². The average Bonchev–Trinajstić information content (AvgIpc) is 2.64. The van der Waals surface area contributed by atoms with E-state index in [2.05, 4.69) is 53.0 Å². The Kier molecular flexibility index (Phi) is 19.7. The van der Waals surface area contributed by atoms with E-state index in [1.165, 1.54) is 43.3 Å². The van der Waals surface area contributed by atoms with Crippen LogP contribution in [-0.4, -0.2) is 18.8 Å². The molecule has 0 aliphatic carbocycles. The van der Waals surface area contributed by atoms with Crippen molar-refractivity contribution in [2.45, 2.75) is 86.0 Å². The van der Waals surface area contributed by atoms with Gasteiger partial charge < -0.3 is 9.84 Å². The molecule has 0 aliphatic heterocycles. The zero-order valence-corrected chi connectivity index (χ0v) is 18.9. The van der Waals surface area contributed by atoms with Gasteiger partial charge in [-0.1, -0.05) is 77.3 Å². The minimum atomic E-state index is 0.137. The van der Waals surface area contributed by atoms with Crippen LogP contribution in [0.4, 0.5) is 0 Å². The lowest BCUT2D eigenvalue weighted by atomic mass is 9.98. The molecule has 0 unspecified atom stereocenters. The summed E-state index contributed by atoms with van der Waals surface area (Å²) in [6.07, 6.45) is 15.3. The predicted octanol–water partition coefficient (Wildman–Crippen LogP) is 8.25. The van der Waals surface area contributed by atoms with Crippen molar-refractivity contribution in [1.29, 1.82) is 0 Å². The first-order valence-corrected chi connectivity index (χ1v) is 10.4. The Hall–Kier alpha value is -1.54. The summed E-state index contributed by atoms with van der Waals surface area (Å²) in [6.45, 7) is 18.9. The lowest BCUT2D eigenvalue weighted by Crippen LogP contribution is -1.95. The van der Waals surface area contributed by atoms with Crippen LogP contribution in [0.15, 0.2) is 59.4 Å². The van der Waals surface area contributed by atoms with E-state index in [0.717, 1.165) is 37.0 Å². The number of hydrogen-bond donors (Lipinski definition) is 1. The maximum absolute atomic E-state index is 9.20. The Morgan fingerprint density at radius 2 is 1.63 bits per heavy atom. The maximum atomic E-state index is 9.20. The predicted molar refractivity (Wildman–Crippen MR) is 122 cm³/mol. The molecule has 0 heterocycles. The molecule has 156 valence electrons. The van der Waals surface area contributed by atoms with Gasteiger partial charge in [-0.25, -0.2) is 0 Å². The molecular weight excluding hydrogens is 332 g/mol. The quantitative estimate of drug-likeness (QED) is 0.199. The van der Waals surface area contributed by atoms with Gasteiger partial charge in [-0.05, 0) is 62.3 Å². The molecule has 2 heteroatoms. The van der Waals surface area contributed by atoms with Gasteiger partial charge in [0.25, 0.3) is 0 Å². The van der Waals surface area contributed by atoms with Gasteiger partial charge in [-0.15, -0.1) is 0 Å². The van der Waals surface area contributed by atoms with Crippen LogP contribution in [0.2, 0.25) is 0 Å². The van der Waals surface area contributed by atoms with E-state index in [1.54, 1.807) is 13.2 Å². The summed E-state index contributed by atoms with van der Waals surface area (Å²) in [5, 5.41) is 9.20. The minimum Gasteiger partial charge on any atom is -0.509 e. The molecule has 1 N–H and O–H groups in total. The number of rotatable bonds is 13. The molecule has 0 rings (SSSR count). The zero-order valence-electron chi connectivity index (χ0n) is 18.9. The van der Waals surface area contributed by atoms with Crippen molar-refractivity contribution >= 4 is 0 Å². The topological polar surface area (TPSA) is 29.5 Å². The molecule has 0 amide bonds. The normalized spacial score (nSPS) is 12.4. The highest BCUT2D eigenvalue weighted by atomic mass is 16.5. The van der Waals surface area contributed by atoms with Crippen LogP contribution < -0.4 is 0 Å². The molecule has 0 atom stereocenters. The number of hydrogen-bond acceptors (Lipinski definition) is 2. The summed E-state index contributed by atoms with van der Waals surface area (Å²) in [7, 11) is 1.73. The molecule has 0 spiro atoms. The van der Waals surface area contributed by atoms with E-state index in [9.17, 15) is 5.11 Å². The third-order valence-electron chi connectivity index (χ3n) is 4.49. The fourth-order valence-electron chi connectivity index (χ4n) is 2.74. The number of aliphatic hydroxyl groups is 1. The largest absolute Gasteiger partial charge is 0.509 e. The number of methoxy groups -OCH3 is 1. The van der Waals surface area contributed by atoms with Crippen LogP contribution in [-0.2, 0) is 4.74 Å². The molecule has 0 radical (unpaired) electrons. The van der Waals surface area contributed by atoms with Crippen LogP contribution in [0.3, 0.4) is 0 Å². The first kappa shape index (κ1) is 27.7. The van der Waals surface area contributed by atoms with Crippen molar-refractivity contribution in [2.24, 2.45) is 0 Å². The second-order valence-corrected chi connectivity index (χ2v) is 6.86. The summed E-state index contributed by atoms with van der Waals surface area (Å²) >= 11 is 0. The van der Waals surface area contributed by atoms with Gasteiger partial charge >= 0.3 is 0 Å². The molecule has 27 heavy (non-hydrogen) atoms. The van der Waals surface area contributed by atoms with E-state index >= 15 is 0 Å². The van der Waals surface area contributed by atoms with E-state index in [0.29, 0.717) is 0 Å². The fraction of sp³-hybridized carbons (Fsp3) is 0.600. The van der Waals surface area contributed by atoms with Gasteiger partial charge in [0.2, 0.25) is 0 Å². The van der Waals surface area contributed by atoms with Crippen LogP contribution in [0, 0.1) is 0 Å². The number of unbranched alkanes of at least 4 members (excludes halogenated alkanes) is 4. The summed E-state index contributed by atoms with van der Waals surface area (Å²) in [5.74, 6) is 0.137. The van der Waals surface area contributed by atoms with E-state index in [4.69, 9.17) is 4.74 Å². The van der Waals surface area contributed by atoms with Crippen molar-refractivity contribution in [3.05, 3.63) is 59.4 Å². The number of ether oxygens (including phenoxy) is 1. The molecule has 0 aromatic rings. The van der Waals surface area contributed by atoms with Gasteiger partial charge in [0, 0.05) is 7.11 Å². The molecular formula is C25H44O2.